The summed E-state index contributed by atoms with van der Waals surface area (Å²) in [5.74, 6) is 1.70. The lowest BCUT2D eigenvalue weighted by molar-refractivity contribution is -0.115. The standard InChI is InChI=1S/C23H22N4O3S2/c1-14-6-5-7-20(15(14)2)27(16(3)28)22-24-18(12-31-22)13-32-23-26-25-21(30-23)17-8-10-19(29-4)11-9-17/h5-12H,13H2,1-4H3. The molecule has 0 saturated heterocycles. The van der Waals surface area contributed by atoms with Crippen LogP contribution >= 0.6 is 23.1 Å². The summed E-state index contributed by atoms with van der Waals surface area (Å²) in [5, 5.41) is 11.3. The fraction of sp³-hybridized carbons (Fsp3) is 0.217. The van der Waals surface area contributed by atoms with Crippen LogP contribution in [0.2, 0.25) is 0 Å². The van der Waals surface area contributed by atoms with Crippen LogP contribution in [0.5, 0.6) is 5.75 Å². The molecule has 0 saturated carbocycles. The number of carbonyl (C=O) groups is 1. The van der Waals surface area contributed by atoms with Crippen molar-refractivity contribution in [2.75, 3.05) is 12.0 Å². The zero-order valence-corrected chi connectivity index (χ0v) is 19.8. The highest BCUT2D eigenvalue weighted by Gasteiger charge is 2.20. The summed E-state index contributed by atoms with van der Waals surface area (Å²) in [7, 11) is 1.62. The van der Waals surface area contributed by atoms with Crippen LogP contribution in [0.15, 0.2) is 57.5 Å². The molecule has 0 radical (unpaired) electrons. The average molecular weight is 467 g/mol. The summed E-state index contributed by atoms with van der Waals surface area (Å²) in [6.45, 7) is 5.60. The molecule has 7 nitrogen and oxygen atoms in total. The molecule has 0 fully saturated rings. The van der Waals surface area contributed by atoms with E-state index in [0.717, 1.165) is 33.8 Å². The minimum absolute atomic E-state index is 0.0757. The molecule has 0 bridgehead atoms. The molecule has 32 heavy (non-hydrogen) atoms. The molecule has 0 aliphatic carbocycles. The van der Waals surface area contributed by atoms with Crippen molar-refractivity contribution in [3.63, 3.8) is 0 Å². The van der Waals surface area contributed by atoms with Gasteiger partial charge in [-0.2, -0.15) is 0 Å². The van der Waals surface area contributed by atoms with Crippen LogP contribution in [-0.4, -0.2) is 28.2 Å². The van der Waals surface area contributed by atoms with Crippen molar-refractivity contribution in [3.8, 4) is 17.2 Å². The minimum atomic E-state index is -0.0757. The number of benzene rings is 2. The van der Waals surface area contributed by atoms with Crippen LogP contribution in [-0.2, 0) is 10.5 Å². The Kier molecular flexibility index (Phi) is 6.57. The minimum Gasteiger partial charge on any atom is -0.497 e. The molecule has 0 atom stereocenters. The van der Waals surface area contributed by atoms with Gasteiger partial charge in [0, 0.05) is 23.6 Å². The number of aromatic nitrogens is 3. The maximum atomic E-state index is 12.4. The van der Waals surface area contributed by atoms with Crippen LogP contribution in [0.4, 0.5) is 10.8 Å². The number of ether oxygens (including phenoxy) is 1. The number of hydrogen-bond acceptors (Lipinski definition) is 8. The van der Waals surface area contributed by atoms with Gasteiger partial charge in [0.1, 0.15) is 5.75 Å². The predicted molar refractivity (Wildman–Crippen MR) is 127 cm³/mol. The smallest absolute Gasteiger partial charge is 0.277 e. The highest BCUT2D eigenvalue weighted by Crippen LogP contribution is 2.34. The normalized spacial score (nSPS) is 10.9. The first-order valence-corrected chi connectivity index (χ1v) is 11.7. The molecular weight excluding hydrogens is 444 g/mol. The highest BCUT2D eigenvalue weighted by molar-refractivity contribution is 7.98. The molecule has 164 valence electrons. The first kappa shape index (κ1) is 22.0. The van der Waals surface area contributed by atoms with Crippen LogP contribution in [0.3, 0.4) is 0 Å². The van der Waals surface area contributed by atoms with E-state index in [0.29, 0.717) is 22.0 Å². The second-order valence-corrected chi connectivity index (χ2v) is 8.85. The van der Waals surface area contributed by atoms with Crippen molar-refractivity contribution in [1.29, 1.82) is 0 Å². The van der Waals surface area contributed by atoms with Crippen molar-refractivity contribution >= 4 is 39.8 Å². The number of thiazole rings is 1. The van der Waals surface area contributed by atoms with E-state index in [4.69, 9.17) is 9.15 Å². The molecule has 4 rings (SSSR count). The molecule has 0 aliphatic rings. The van der Waals surface area contributed by atoms with Gasteiger partial charge in [0.05, 0.1) is 18.5 Å². The number of hydrogen-bond donors (Lipinski definition) is 0. The summed E-state index contributed by atoms with van der Waals surface area (Å²) in [4.78, 5) is 18.8. The second kappa shape index (κ2) is 9.54. The Morgan fingerprint density at radius 3 is 2.66 bits per heavy atom. The van der Waals surface area contributed by atoms with E-state index in [-0.39, 0.29) is 5.91 Å². The molecular formula is C23H22N4O3S2. The van der Waals surface area contributed by atoms with Gasteiger partial charge in [0.15, 0.2) is 5.13 Å². The zero-order chi connectivity index (χ0) is 22.7. The van der Waals surface area contributed by atoms with E-state index in [1.54, 1.807) is 18.9 Å². The van der Waals surface area contributed by atoms with Crippen LogP contribution < -0.4 is 9.64 Å². The highest BCUT2D eigenvalue weighted by atomic mass is 32.2. The van der Waals surface area contributed by atoms with E-state index >= 15 is 0 Å². The van der Waals surface area contributed by atoms with Gasteiger partial charge in [0.2, 0.25) is 11.8 Å². The number of anilines is 2. The maximum Gasteiger partial charge on any atom is 0.277 e. The van der Waals surface area contributed by atoms with Crippen molar-refractivity contribution in [1.82, 2.24) is 15.2 Å². The van der Waals surface area contributed by atoms with Crippen LogP contribution in [0.1, 0.15) is 23.7 Å². The van der Waals surface area contributed by atoms with Crippen molar-refractivity contribution in [2.45, 2.75) is 31.7 Å². The van der Waals surface area contributed by atoms with E-state index in [2.05, 4.69) is 15.2 Å². The molecule has 0 spiro atoms. The van der Waals surface area contributed by atoms with Gasteiger partial charge in [-0.05, 0) is 55.3 Å². The summed E-state index contributed by atoms with van der Waals surface area (Å²) >= 11 is 2.85. The van der Waals surface area contributed by atoms with Gasteiger partial charge in [-0.3, -0.25) is 9.69 Å². The topological polar surface area (TPSA) is 81.4 Å². The van der Waals surface area contributed by atoms with Gasteiger partial charge < -0.3 is 9.15 Å². The first-order chi connectivity index (χ1) is 15.5. The fourth-order valence-corrected chi connectivity index (χ4v) is 4.75. The number of rotatable bonds is 7. The van der Waals surface area contributed by atoms with Crippen LogP contribution in [0, 0.1) is 13.8 Å². The van der Waals surface area contributed by atoms with Gasteiger partial charge >= 0.3 is 0 Å². The summed E-state index contributed by atoms with van der Waals surface area (Å²) in [5.41, 5.74) is 4.71. The van der Waals surface area contributed by atoms with Gasteiger partial charge in [-0.1, -0.05) is 23.9 Å². The monoisotopic (exact) mass is 466 g/mol. The molecule has 2 aromatic carbocycles. The number of carbonyl (C=O) groups excluding carboxylic acids is 1. The van der Waals surface area contributed by atoms with Crippen LogP contribution in [0.25, 0.3) is 11.5 Å². The Labute approximate surface area is 194 Å². The average Bonchev–Trinajstić information content (AvgIpc) is 3.45. The molecule has 2 aromatic heterocycles. The molecule has 1 amide bonds. The lowest BCUT2D eigenvalue weighted by Gasteiger charge is -2.21. The Balaban J connectivity index is 1.47. The number of thioether (sulfide) groups is 1. The Bertz CT molecular complexity index is 1230. The van der Waals surface area contributed by atoms with Crippen molar-refractivity contribution in [2.24, 2.45) is 0 Å². The zero-order valence-electron chi connectivity index (χ0n) is 18.2. The van der Waals surface area contributed by atoms with E-state index in [1.807, 2.05) is 61.7 Å². The Hall–Kier alpha value is -3.17. The molecule has 9 heteroatoms. The Morgan fingerprint density at radius 1 is 1.16 bits per heavy atom. The SMILES string of the molecule is COc1ccc(-c2nnc(SCc3csc(N(C(C)=O)c4cccc(C)c4C)n3)o2)cc1. The quantitative estimate of drug-likeness (QED) is 0.319. The number of aryl methyl sites for hydroxylation is 1. The van der Waals surface area contributed by atoms with Gasteiger partial charge in [0.25, 0.3) is 5.22 Å². The van der Waals surface area contributed by atoms with E-state index in [9.17, 15) is 4.79 Å². The first-order valence-electron chi connectivity index (χ1n) is 9.88. The van der Waals surface area contributed by atoms with Crippen molar-refractivity contribution < 1.29 is 13.9 Å². The molecule has 2 heterocycles. The number of methoxy groups -OCH3 is 1. The van der Waals surface area contributed by atoms with E-state index in [1.165, 1.54) is 23.1 Å². The third-order valence-electron chi connectivity index (χ3n) is 4.95. The largest absolute Gasteiger partial charge is 0.497 e. The van der Waals surface area contributed by atoms with Gasteiger partial charge in [-0.25, -0.2) is 4.98 Å². The molecule has 0 aliphatic heterocycles. The Morgan fingerprint density at radius 2 is 1.94 bits per heavy atom. The molecule has 0 unspecified atom stereocenters. The maximum absolute atomic E-state index is 12.4. The number of nitrogens with zero attached hydrogens (tertiary/aromatic N) is 4. The third-order valence-corrected chi connectivity index (χ3v) is 6.68. The third kappa shape index (κ3) is 4.68. The fourth-order valence-electron chi connectivity index (χ4n) is 3.10. The van der Waals surface area contributed by atoms with E-state index < -0.39 is 0 Å². The lowest BCUT2D eigenvalue weighted by atomic mass is 10.1. The lowest BCUT2D eigenvalue weighted by Crippen LogP contribution is -2.23. The summed E-state index contributed by atoms with van der Waals surface area (Å²) < 4.78 is 10.9. The second-order valence-electron chi connectivity index (χ2n) is 7.09. The van der Waals surface area contributed by atoms with Gasteiger partial charge in [-0.15, -0.1) is 21.5 Å². The van der Waals surface area contributed by atoms with Crippen molar-refractivity contribution in [3.05, 3.63) is 64.7 Å². The number of amides is 1. The summed E-state index contributed by atoms with van der Waals surface area (Å²) in [6.07, 6.45) is 0. The summed E-state index contributed by atoms with van der Waals surface area (Å²) in [6, 6.07) is 13.4. The molecule has 0 N–H and O–H groups in total. The molecule has 4 aromatic rings. The predicted octanol–water partition coefficient (Wildman–Crippen LogP) is 5.80.